The maximum absolute atomic E-state index is 12.0. The highest BCUT2D eigenvalue weighted by atomic mass is 16.5. The molecule has 0 aliphatic rings. The number of amides is 1. The number of aryl methyl sites for hydroxylation is 2. The molecule has 0 aliphatic heterocycles. The van der Waals surface area contributed by atoms with E-state index in [1.165, 1.54) is 0 Å². The zero-order valence-corrected chi connectivity index (χ0v) is 24.3. The van der Waals surface area contributed by atoms with Gasteiger partial charge in [0.2, 0.25) is 5.91 Å². The number of rotatable bonds is 17. The van der Waals surface area contributed by atoms with Gasteiger partial charge < -0.3 is 29.0 Å². The summed E-state index contributed by atoms with van der Waals surface area (Å²) >= 11 is 0. The lowest BCUT2D eigenvalue weighted by molar-refractivity contribution is -0.153. The number of imidazole rings is 2. The minimum atomic E-state index is -0.745. The molecule has 0 fully saturated rings. The summed E-state index contributed by atoms with van der Waals surface area (Å²) in [5, 5.41) is 11.2. The van der Waals surface area contributed by atoms with Crippen LogP contribution in [0.3, 0.4) is 0 Å². The molecule has 1 amide bonds. The number of carboxylic acids is 1. The van der Waals surface area contributed by atoms with Gasteiger partial charge in [0.25, 0.3) is 0 Å². The summed E-state index contributed by atoms with van der Waals surface area (Å²) in [5.74, 6) is -0.138. The van der Waals surface area contributed by atoms with E-state index < -0.39 is 11.4 Å². The Labute approximate surface area is 241 Å². The van der Waals surface area contributed by atoms with Crippen molar-refractivity contribution in [2.75, 3.05) is 18.5 Å². The number of hydrogen-bond acceptors (Lipinski definition) is 7. The molecule has 3 rings (SSSR count). The van der Waals surface area contributed by atoms with Crippen LogP contribution in [0.1, 0.15) is 65.7 Å². The zero-order chi connectivity index (χ0) is 29.9. The average Bonchev–Trinajstić information content (AvgIpc) is 3.65. The van der Waals surface area contributed by atoms with Crippen LogP contribution in [0, 0.1) is 5.41 Å². The smallest absolute Gasteiger partial charge is 0.311 e. The van der Waals surface area contributed by atoms with E-state index in [1.807, 2.05) is 66.6 Å². The molecule has 0 radical (unpaired) electrons. The molecule has 11 nitrogen and oxygen atoms in total. The highest BCUT2D eigenvalue weighted by Crippen LogP contribution is 2.25. The van der Waals surface area contributed by atoms with Crippen molar-refractivity contribution in [2.45, 2.75) is 78.8 Å². The normalized spacial score (nSPS) is 10.8. The summed E-state index contributed by atoms with van der Waals surface area (Å²) in [4.78, 5) is 41.8. The molecule has 0 atom stereocenters. The monoisotopic (exact) mass is 569 g/mol. The molecule has 1 aromatic carbocycles. The number of hydrogen-bond donors (Lipinski definition) is 2. The Morgan fingerprint density at radius 1 is 0.902 bits per heavy atom. The van der Waals surface area contributed by atoms with Gasteiger partial charge in [0, 0.05) is 56.4 Å². The van der Waals surface area contributed by atoms with Gasteiger partial charge in [-0.2, -0.15) is 0 Å². The van der Waals surface area contributed by atoms with Gasteiger partial charge in [0.1, 0.15) is 5.75 Å². The standard InChI is InChI=1S/C23H33N3O4.C7H10N2O2/c1-4-29-22(28)23(2,3)13-5-6-17-30-20-11-9-19(10-12-20)25-21(27)8-7-15-26-16-14-24-18-26;10-7(11)2-1-4-9-5-3-8-6-9/h9-12,14,16,18H,4-8,13,15,17H2,1-3H3,(H,25,27);3,5-6H,1-2,4H2,(H,10,11). The fourth-order valence-corrected chi connectivity index (χ4v) is 3.82. The number of anilines is 1. The minimum absolute atomic E-state index is 0.00648. The van der Waals surface area contributed by atoms with Crippen LogP contribution in [0.15, 0.2) is 61.7 Å². The summed E-state index contributed by atoms with van der Waals surface area (Å²) < 4.78 is 14.7. The van der Waals surface area contributed by atoms with Gasteiger partial charge in [-0.25, -0.2) is 9.97 Å². The first kappa shape index (κ1) is 33.1. The third kappa shape index (κ3) is 14.2. The van der Waals surface area contributed by atoms with E-state index in [0.29, 0.717) is 26.1 Å². The van der Waals surface area contributed by atoms with E-state index >= 15 is 0 Å². The van der Waals surface area contributed by atoms with Crippen molar-refractivity contribution in [3.8, 4) is 5.75 Å². The number of aromatic nitrogens is 4. The molecule has 11 heteroatoms. The maximum atomic E-state index is 12.0. The number of esters is 1. The summed E-state index contributed by atoms with van der Waals surface area (Å²) in [6.07, 6.45) is 15.2. The molecule has 2 heterocycles. The number of ether oxygens (including phenoxy) is 2. The molecular formula is C30H43N5O6. The van der Waals surface area contributed by atoms with Gasteiger partial charge in [-0.15, -0.1) is 0 Å². The first-order valence-electron chi connectivity index (χ1n) is 14.0. The Hall–Kier alpha value is -4.15. The maximum Gasteiger partial charge on any atom is 0.311 e. The van der Waals surface area contributed by atoms with Gasteiger partial charge >= 0.3 is 11.9 Å². The molecule has 0 unspecified atom stereocenters. The SMILES string of the molecule is CCOC(=O)C(C)(C)CCCCOc1ccc(NC(=O)CCCn2ccnc2)cc1.O=C(O)CCCn1ccnc1. The van der Waals surface area contributed by atoms with Crippen molar-refractivity contribution in [3.05, 3.63) is 61.7 Å². The van der Waals surface area contributed by atoms with Gasteiger partial charge in [0.05, 0.1) is 31.3 Å². The predicted molar refractivity (Wildman–Crippen MR) is 155 cm³/mol. The summed E-state index contributed by atoms with van der Waals surface area (Å²) in [7, 11) is 0. The molecule has 0 saturated carbocycles. The zero-order valence-electron chi connectivity index (χ0n) is 24.3. The second-order valence-electron chi connectivity index (χ2n) is 10.2. The fourth-order valence-electron chi connectivity index (χ4n) is 3.82. The van der Waals surface area contributed by atoms with Crippen LogP contribution in [0.4, 0.5) is 5.69 Å². The van der Waals surface area contributed by atoms with Crippen LogP contribution in [-0.4, -0.2) is 55.3 Å². The van der Waals surface area contributed by atoms with E-state index in [4.69, 9.17) is 14.6 Å². The molecule has 0 saturated heterocycles. The van der Waals surface area contributed by atoms with E-state index in [0.717, 1.165) is 50.2 Å². The highest BCUT2D eigenvalue weighted by Gasteiger charge is 2.28. The largest absolute Gasteiger partial charge is 0.494 e. The molecule has 224 valence electrons. The molecule has 0 aliphatic carbocycles. The van der Waals surface area contributed by atoms with Crippen LogP contribution >= 0.6 is 0 Å². The minimum Gasteiger partial charge on any atom is -0.494 e. The molecule has 2 aromatic heterocycles. The van der Waals surface area contributed by atoms with Crippen molar-refractivity contribution in [1.82, 2.24) is 19.1 Å². The third-order valence-corrected chi connectivity index (χ3v) is 6.18. The summed E-state index contributed by atoms with van der Waals surface area (Å²) in [6.45, 7) is 8.14. The van der Waals surface area contributed by atoms with Gasteiger partial charge in [-0.3, -0.25) is 14.4 Å². The number of carbonyl (C=O) groups is 3. The first-order valence-corrected chi connectivity index (χ1v) is 14.0. The molecule has 2 N–H and O–H groups in total. The van der Waals surface area contributed by atoms with Crippen molar-refractivity contribution in [1.29, 1.82) is 0 Å². The number of nitrogens with one attached hydrogen (secondary N) is 1. The Bertz CT molecular complexity index is 1140. The topological polar surface area (TPSA) is 138 Å². The number of benzene rings is 1. The number of nitrogens with zero attached hydrogens (tertiary/aromatic N) is 4. The highest BCUT2D eigenvalue weighted by molar-refractivity contribution is 5.90. The number of carboxylic acid groups (broad SMARTS) is 1. The van der Waals surface area contributed by atoms with E-state index in [9.17, 15) is 14.4 Å². The second-order valence-corrected chi connectivity index (χ2v) is 10.2. The number of carbonyl (C=O) groups excluding carboxylic acids is 2. The quantitative estimate of drug-likeness (QED) is 0.167. The van der Waals surface area contributed by atoms with Crippen LogP contribution in [0.25, 0.3) is 0 Å². The Kier molecular flexibility index (Phi) is 14.7. The lowest BCUT2D eigenvalue weighted by Gasteiger charge is -2.21. The first-order chi connectivity index (χ1) is 19.7. The van der Waals surface area contributed by atoms with Crippen LogP contribution in [0.5, 0.6) is 5.75 Å². The molecular weight excluding hydrogens is 526 g/mol. The third-order valence-electron chi connectivity index (χ3n) is 6.18. The lowest BCUT2D eigenvalue weighted by Crippen LogP contribution is -2.26. The van der Waals surface area contributed by atoms with Gasteiger partial charge in [-0.1, -0.05) is 0 Å². The van der Waals surface area contributed by atoms with Crippen LogP contribution < -0.4 is 10.1 Å². The average molecular weight is 570 g/mol. The number of unbranched alkanes of at least 4 members (excludes halogenated alkanes) is 1. The molecule has 0 spiro atoms. The lowest BCUT2D eigenvalue weighted by atomic mass is 9.87. The Morgan fingerprint density at radius 3 is 2.05 bits per heavy atom. The molecule has 0 bridgehead atoms. The van der Waals surface area contributed by atoms with Crippen molar-refractivity contribution >= 4 is 23.5 Å². The van der Waals surface area contributed by atoms with Gasteiger partial charge in [0.15, 0.2) is 0 Å². The fraction of sp³-hybridized carbons (Fsp3) is 0.500. The number of aliphatic carboxylic acids is 1. The summed E-state index contributed by atoms with van der Waals surface area (Å²) in [5.41, 5.74) is 0.292. The second kappa shape index (κ2) is 18.2. The van der Waals surface area contributed by atoms with Crippen molar-refractivity contribution < 1.29 is 29.0 Å². The van der Waals surface area contributed by atoms with Crippen LogP contribution in [0.2, 0.25) is 0 Å². The van der Waals surface area contributed by atoms with Crippen molar-refractivity contribution in [2.24, 2.45) is 5.41 Å². The van der Waals surface area contributed by atoms with Gasteiger partial charge in [-0.05, 0) is 77.1 Å². The Balaban J connectivity index is 0.000000446. The van der Waals surface area contributed by atoms with E-state index in [2.05, 4.69) is 15.3 Å². The van der Waals surface area contributed by atoms with Crippen LogP contribution in [-0.2, 0) is 32.2 Å². The molecule has 41 heavy (non-hydrogen) atoms. The predicted octanol–water partition coefficient (Wildman–Crippen LogP) is 5.19. The summed E-state index contributed by atoms with van der Waals surface area (Å²) in [6, 6.07) is 7.38. The van der Waals surface area contributed by atoms with E-state index in [-0.39, 0.29) is 18.3 Å². The van der Waals surface area contributed by atoms with Crippen molar-refractivity contribution in [3.63, 3.8) is 0 Å². The molecule has 3 aromatic rings. The van der Waals surface area contributed by atoms with E-state index in [1.54, 1.807) is 25.0 Å². The Morgan fingerprint density at radius 2 is 1.51 bits per heavy atom.